The standard InChI is InChI=1S/C15H21N5/c1-4-6-17-15-19-9-12(3)14(20-15)18-10-13-5-7-16-8-11(13)2/h5,7-9H,4,6,10H2,1-3H3,(H2,17,18,19,20). The number of pyridine rings is 1. The Balaban J connectivity index is 2.07. The summed E-state index contributed by atoms with van der Waals surface area (Å²) >= 11 is 0. The fourth-order valence-corrected chi connectivity index (χ4v) is 1.82. The Kier molecular flexibility index (Phi) is 4.87. The van der Waals surface area contributed by atoms with Gasteiger partial charge in [-0.05, 0) is 37.5 Å². The Bertz CT molecular complexity index is 568. The van der Waals surface area contributed by atoms with Crippen molar-refractivity contribution in [1.29, 1.82) is 0 Å². The van der Waals surface area contributed by atoms with Crippen molar-refractivity contribution in [2.24, 2.45) is 0 Å². The van der Waals surface area contributed by atoms with E-state index >= 15 is 0 Å². The molecule has 0 amide bonds. The zero-order valence-electron chi connectivity index (χ0n) is 12.3. The molecule has 0 aliphatic carbocycles. The molecule has 0 fully saturated rings. The van der Waals surface area contributed by atoms with Crippen molar-refractivity contribution >= 4 is 11.8 Å². The van der Waals surface area contributed by atoms with Crippen LogP contribution in [0.15, 0.2) is 24.7 Å². The van der Waals surface area contributed by atoms with Gasteiger partial charge in [-0.25, -0.2) is 4.98 Å². The number of anilines is 2. The van der Waals surface area contributed by atoms with Gasteiger partial charge in [0.15, 0.2) is 0 Å². The second-order valence-electron chi connectivity index (χ2n) is 4.81. The van der Waals surface area contributed by atoms with Crippen molar-refractivity contribution in [3.05, 3.63) is 41.3 Å². The van der Waals surface area contributed by atoms with Gasteiger partial charge in [0, 0.05) is 37.2 Å². The van der Waals surface area contributed by atoms with Crippen LogP contribution in [0.5, 0.6) is 0 Å². The Morgan fingerprint density at radius 1 is 1.10 bits per heavy atom. The Hall–Kier alpha value is -2.17. The second kappa shape index (κ2) is 6.84. The summed E-state index contributed by atoms with van der Waals surface area (Å²) in [6, 6.07) is 2.02. The summed E-state index contributed by atoms with van der Waals surface area (Å²) in [6.45, 7) is 7.80. The molecule has 0 spiro atoms. The quantitative estimate of drug-likeness (QED) is 0.845. The van der Waals surface area contributed by atoms with E-state index < -0.39 is 0 Å². The molecule has 0 saturated carbocycles. The van der Waals surface area contributed by atoms with Crippen LogP contribution in [0, 0.1) is 13.8 Å². The fraction of sp³-hybridized carbons (Fsp3) is 0.400. The monoisotopic (exact) mass is 271 g/mol. The maximum atomic E-state index is 4.51. The number of aryl methyl sites for hydroxylation is 2. The van der Waals surface area contributed by atoms with Crippen LogP contribution in [-0.2, 0) is 6.54 Å². The molecule has 0 aliphatic heterocycles. The van der Waals surface area contributed by atoms with Crippen molar-refractivity contribution in [3.8, 4) is 0 Å². The SMILES string of the molecule is CCCNc1ncc(C)c(NCc2ccncc2C)n1. The summed E-state index contributed by atoms with van der Waals surface area (Å²) in [6.07, 6.45) is 6.58. The molecule has 0 atom stereocenters. The lowest BCUT2D eigenvalue weighted by atomic mass is 10.1. The predicted molar refractivity (Wildman–Crippen MR) is 81.9 cm³/mol. The molecule has 0 saturated heterocycles. The topological polar surface area (TPSA) is 62.7 Å². The van der Waals surface area contributed by atoms with Gasteiger partial charge in [-0.15, -0.1) is 0 Å². The third-order valence-electron chi connectivity index (χ3n) is 3.09. The lowest BCUT2D eigenvalue weighted by Crippen LogP contribution is -2.09. The summed E-state index contributed by atoms with van der Waals surface area (Å²) in [4.78, 5) is 12.9. The van der Waals surface area contributed by atoms with E-state index in [1.807, 2.05) is 31.6 Å². The third-order valence-corrected chi connectivity index (χ3v) is 3.09. The van der Waals surface area contributed by atoms with Crippen LogP contribution in [-0.4, -0.2) is 21.5 Å². The highest BCUT2D eigenvalue weighted by Gasteiger charge is 2.04. The number of rotatable bonds is 6. The molecule has 0 bridgehead atoms. The maximum absolute atomic E-state index is 4.51. The number of hydrogen-bond donors (Lipinski definition) is 2. The highest BCUT2D eigenvalue weighted by molar-refractivity contribution is 5.47. The van der Waals surface area contributed by atoms with E-state index in [2.05, 4.69) is 39.4 Å². The van der Waals surface area contributed by atoms with Crippen LogP contribution >= 0.6 is 0 Å². The smallest absolute Gasteiger partial charge is 0.224 e. The van der Waals surface area contributed by atoms with Gasteiger partial charge in [0.1, 0.15) is 5.82 Å². The van der Waals surface area contributed by atoms with E-state index in [1.165, 1.54) is 11.1 Å². The molecule has 0 aromatic carbocycles. The molecule has 5 heteroatoms. The van der Waals surface area contributed by atoms with E-state index in [-0.39, 0.29) is 0 Å². The number of hydrogen-bond acceptors (Lipinski definition) is 5. The van der Waals surface area contributed by atoms with Crippen molar-refractivity contribution in [1.82, 2.24) is 15.0 Å². The molecule has 2 aromatic rings. The highest BCUT2D eigenvalue weighted by Crippen LogP contribution is 2.15. The number of nitrogens with one attached hydrogen (secondary N) is 2. The number of aromatic nitrogens is 3. The third kappa shape index (κ3) is 3.66. The maximum Gasteiger partial charge on any atom is 0.224 e. The lowest BCUT2D eigenvalue weighted by molar-refractivity contribution is 0.946. The van der Waals surface area contributed by atoms with E-state index in [1.54, 1.807) is 0 Å². The molecule has 0 unspecified atom stereocenters. The summed E-state index contributed by atoms with van der Waals surface area (Å²) in [5.41, 5.74) is 3.44. The molecule has 20 heavy (non-hydrogen) atoms. The van der Waals surface area contributed by atoms with Crippen LogP contribution in [0.3, 0.4) is 0 Å². The van der Waals surface area contributed by atoms with Gasteiger partial charge in [0.25, 0.3) is 0 Å². The van der Waals surface area contributed by atoms with Gasteiger partial charge >= 0.3 is 0 Å². The van der Waals surface area contributed by atoms with Crippen molar-refractivity contribution in [2.75, 3.05) is 17.2 Å². The lowest BCUT2D eigenvalue weighted by Gasteiger charge is -2.11. The van der Waals surface area contributed by atoms with Crippen LogP contribution in [0.2, 0.25) is 0 Å². The van der Waals surface area contributed by atoms with Gasteiger partial charge in [-0.3, -0.25) is 4.98 Å². The molecule has 2 heterocycles. The Morgan fingerprint density at radius 2 is 1.95 bits per heavy atom. The fourth-order valence-electron chi connectivity index (χ4n) is 1.82. The molecule has 0 radical (unpaired) electrons. The minimum atomic E-state index is 0.673. The van der Waals surface area contributed by atoms with Gasteiger partial charge in [0.2, 0.25) is 5.95 Å². The molecule has 0 aliphatic rings. The first-order valence-electron chi connectivity index (χ1n) is 6.91. The molecule has 106 valence electrons. The predicted octanol–water partition coefficient (Wildman–Crippen LogP) is 2.92. The zero-order valence-corrected chi connectivity index (χ0v) is 12.3. The average Bonchev–Trinajstić information content (AvgIpc) is 2.46. The summed E-state index contributed by atoms with van der Waals surface area (Å²) in [7, 11) is 0. The van der Waals surface area contributed by atoms with E-state index in [0.29, 0.717) is 5.95 Å². The van der Waals surface area contributed by atoms with Gasteiger partial charge < -0.3 is 10.6 Å². The summed E-state index contributed by atoms with van der Waals surface area (Å²) in [5.74, 6) is 1.54. The van der Waals surface area contributed by atoms with Crippen LogP contribution in [0.25, 0.3) is 0 Å². The van der Waals surface area contributed by atoms with E-state index in [9.17, 15) is 0 Å². The van der Waals surface area contributed by atoms with Crippen LogP contribution < -0.4 is 10.6 Å². The van der Waals surface area contributed by atoms with Crippen LogP contribution in [0.4, 0.5) is 11.8 Å². The van der Waals surface area contributed by atoms with E-state index in [0.717, 1.165) is 30.9 Å². The Labute approximate surface area is 119 Å². The largest absolute Gasteiger partial charge is 0.366 e. The minimum absolute atomic E-state index is 0.673. The van der Waals surface area contributed by atoms with Gasteiger partial charge in [-0.2, -0.15) is 4.98 Å². The highest BCUT2D eigenvalue weighted by atomic mass is 15.1. The molecule has 2 N–H and O–H groups in total. The first-order chi connectivity index (χ1) is 9.70. The Morgan fingerprint density at radius 3 is 2.70 bits per heavy atom. The normalized spacial score (nSPS) is 10.3. The summed E-state index contributed by atoms with van der Waals surface area (Å²) < 4.78 is 0. The van der Waals surface area contributed by atoms with Crippen LogP contribution in [0.1, 0.15) is 30.0 Å². The zero-order chi connectivity index (χ0) is 14.4. The average molecular weight is 271 g/mol. The van der Waals surface area contributed by atoms with Crippen molar-refractivity contribution in [3.63, 3.8) is 0 Å². The molecule has 2 rings (SSSR count). The van der Waals surface area contributed by atoms with Gasteiger partial charge in [-0.1, -0.05) is 6.92 Å². The summed E-state index contributed by atoms with van der Waals surface area (Å²) in [5, 5.41) is 6.57. The van der Waals surface area contributed by atoms with Crippen molar-refractivity contribution < 1.29 is 0 Å². The molecule has 2 aromatic heterocycles. The second-order valence-corrected chi connectivity index (χ2v) is 4.81. The number of nitrogens with zero attached hydrogens (tertiary/aromatic N) is 3. The molecular weight excluding hydrogens is 250 g/mol. The first-order valence-corrected chi connectivity index (χ1v) is 6.91. The minimum Gasteiger partial charge on any atom is -0.366 e. The van der Waals surface area contributed by atoms with E-state index in [4.69, 9.17) is 0 Å². The molecular formula is C15H21N5. The van der Waals surface area contributed by atoms with Crippen molar-refractivity contribution in [2.45, 2.75) is 33.7 Å². The molecule has 5 nitrogen and oxygen atoms in total. The first kappa shape index (κ1) is 14.2. The van der Waals surface area contributed by atoms with Gasteiger partial charge in [0.05, 0.1) is 0 Å².